The predicted octanol–water partition coefficient (Wildman–Crippen LogP) is 0.603. The Morgan fingerprint density at radius 3 is 2.40 bits per heavy atom. The van der Waals surface area contributed by atoms with Gasteiger partial charge in [0, 0.05) is 12.1 Å². The number of ether oxygens (including phenoxy) is 1. The van der Waals surface area contributed by atoms with Gasteiger partial charge in [-0.15, -0.1) is 13.2 Å². The maximum Gasteiger partial charge on any atom is 0.573 e. The third-order valence-electron chi connectivity index (χ3n) is 1.65. The minimum atomic E-state index is -4.82. The molecule has 0 fully saturated rings. The summed E-state index contributed by atoms with van der Waals surface area (Å²) in [5.74, 6) is -0.610. The van der Waals surface area contributed by atoms with Crippen molar-refractivity contribution in [3.05, 3.63) is 11.8 Å². The lowest BCUT2D eigenvalue weighted by Gasteiger charge is -2.13. The summed E-state index contributed by atoms with van der Waals surface area (Å²) >= 11 is 0. The molecule has 0 aromatic carbocycles. The summed E-state index contributed by atoms with van der Waals surface area (Å²) in [6.07, 6.45) is -4.02. The highest BCUT2D eigenvalue weighted by atomic mass is 19.4. The number of rotatable bonds is 2. The molecule has 6 N–H and O–H groups in total. The van der Waals surface area contributed by atoms with Crippen molar-refractivity contribution in [3.8, 4) is 5.75 Å². The summed E-state index contributed by atoms with van der Waals surface area (Å²) in [5, 5.41) is 0. The summed E-state index contributed by atoms with van der Waals surface area (Å²) in [4.78, 5) is 3.49. The Morgan fingerprint density at radius 2 is 1.93 bits per heavy atom. The van der Waals surface area contributed by atoms with Gasteiger partial charge in [-0.25, -0.2) is 4.98 Å². The van der Waals surface area contributed by atoms with Crippen LogP contribution in [0.5, 0.6) is 5.75 Å². The van der Waals surface area contributed by atoms with Crippen LogP contribution in [-0.2, 0) is 6.54 Å². The van der Waals surface area contributed by atoms with Crippen LogP contribution in [0.2, 0.25) is 0 Å². The number of hydrogen-bond acceptors (Lipinski definition) is 5. The first-order chi connectivity index (χ1) is 6.85. The lowest BCUT2D eigenvalue weighted by Crippen LogP contribution is -2.19. The van der Waals surface area contributed by atoms with E-state index >= 15 is 0 Å². The molecule has 15 heavy (non-hydrogen) atoms. The monoisotopic (exact) mass is 222 g/mol. The van der Waals surface area contributed by atoms with Crippen LogP contribution in [0.3, 0.4) is 0 Å². The van der Waals surface area contributed by atoms with E-state index < -0.39 is 12.1 Å². The summed E-state index contributed by atoms with van der Waals surface area (Å²) < 4.78 is 39.3. The van der Waals surface area contributed by atoms with Crippen molar-refractivity contribution in [3.63, 3.8) is 0 Å². The fourth-order valence-corrected chi connectivity index (χ4v) is 0.983. The molecule has 0 saturated carbocycles. The second kappa shape index (κ2) is 3.81. The number of anilines is 2. The molecular weight excluding hydrogens is 213 g/mol. The minimum Gasteiger partial charge on any atom is -0.402 e. The Bertz CT molecular complexity index is 366. The fraction of sp³-hybridized carbons (Fsp3) is 0.286. The third kappa shape index (κ3) is 2.62. The van der Waals surface area contributed by atoms with E-state index in [9.17, 15) is 13.2 Å². The van der Waals surface area contributed by atoms with Gasteiger partial charge in [0.25, 0.3) is 0 Å². The Hall–Kier alpha value is -1.70. The fourth-order valence-electron chi connectivity index (χ4n) is 0.983. The molecule has 0 saturated heterocycles. The molecular formula is C7H9F3N4O. The molecule has 0 aliphatic heterocycles. The van der Waals surface area contributed by atoms with Gasteiger partial charge in [0.15, 0.2) is 5.75 Å². The molecule has 0 unspecified atom stereocenters. The van der Waals surface area contributed by atoms with Gasteiger partial charge in [0.2, 0.25) is 0 Å². The molecule has 1 heterocycles. The van der Waals surface area contributed by atoms with Crippen LogP contribution in [0.15, 0.2) is 6.20 Å². The van der Waals surface area contributed by atoms with Crippen molar-refractivity contribution in [2.45, 2.75) is 12.9 Å². The maximum atomic E-state index is 11.9. The van der Waals surface area contributed by atoms with Gasteiger partial charge in [-0.05, 0) is 0 Å². The van der Waals surface area contributed by atoms with E-state index in [0.717, 1.165) is 6.20 Å². The Morgan fingerprint density at radius 1 is 1.33 bits per heavy atom. The van der Waals surface area contributed by atoms with E-state index in [0.29, 0.717) is 0 Å². The molecule has 1 rings (SSSR count). The summed E-state index contributed by atoms with van der Waals surface area (Å²) in [6, 6.07) is 0. The lowest BCUT2D eigenvalue weighted by atomic mass is 10.2. The van der Waals surface area contributed by atoms with Crippen LogP contribution in [0.1, 0.15) is 5.56 Å². The summed E-state index contributed by atoms with van der Waals surface area (Å²) in [7, 11) is 0. The molecule has 0 bridgehead atoms. The SMILES string of the molecule is NCc1c(N)ncc(OC(F)(F)F)c1N. The largest absolute Gasteiger partial charge is 0.573 e. The van der Waals surface area contributed by atoms with Gasteiger partial charge in [-0.2, -0.15) is 0 Å². The van der Waals surface area contributed by atoms with Gasteiger partial charge in [0.05, 0.1) is 11.9 Å². The van der Waals surface area contributed by atoms with Crippen LogP contribution in [-0.4, -0.2) is 11.3 Å². The number of hydrogen-bond donors (Lipinski definition) is 3. The molecule has 0 amide bonds. The first kappa shape index (κ1) is 11.4. The van der Waals surface area contributed by atoms with Gasteiger partial charge in [0.1, 0.15) is 5.82 Å². The molecule has 8 heteroatoms. The number of nitrogen functional groups attached to an aromatic ring is 2. The van der Waals surface area contributed by atoms with E-state index in [2.05, 4.69) is 9.72 Å². The van der Waals surface area contributed by atoms with Gasteiger partial charge in [-0.1, -0.05) is 0 Å². The quantitative estimate of drug-likeness (QED) is 0.680. The van der Waals surface area contributed by atoms with Crippen LogP contribution in [0, 0.1) is 0 Å². The van der Waals surface area contributed by atoms with Crippen LogP contribution >= 0.6 is 0 Å². The van der Waals surface area contributed by atoms with E-state index in [1.165, 1.54) is 0 Å². The molecule has 5 nitrogen and oxygen atoms in total. The average Bonchev–Trinajstić information content (AvgIpc) is 2.09. The number of nitrogens with zero attached hydrogens (tertiary/aromatic N) is 1. The summed E-state index contributed by atoms with van der Waals surface area (Å²) in [5.41, 5.74) is 15.9. The highest BCUT2D eigenvalue weighted by Gasteiger charge is 2.32. The smallest absolute Gasteiger partial charge is 0.402 e. The Labute approximate surface area is 83.0 Å². The van der Waals surface area contributed by atoms with Crippen molar-refractivity contribution in [1.29, 1.82) is 0 Å². The van der Waals surface area contributed by atoms with E-state index in [-0.39, 0.29) is 23.6 Å². The van der Waals surface area contributed by atoms with Crippen molar-refractivity contribution >= 4 is 11.5 Å². The van der Waals surface area contributed by atoms with Crippen LogP contribution in [0.4, 0.5) is 24.7 Å². The zero-order chi connectivity index (χ0) is 11.6. The van der Waals surface area contributed by atoms with Crippen LogP contribution in [0.25, 0.3) is 0 Å². The van der Waals surface area contributed by atoms with Gasteiger partial charge in [-0.3, -0.25) is 0 Å². The zero-order valence-corrected chi connectivity index (χ0v) is 7.51. The molecule has 0 atom stereocenters. The van der Waals surface area contributed by atoms with Crippen LogP contribution < -0.4 is 21.9 Å². The van der Waals surface area contributed by atoms with E-state index in [4.69, 9.17) is 17.2 Å². The minimum absolute atomic E-state index is 0.00970. The molecule has 0 aliphatic carbocycles. The lowest BCUT2D eigenvalue weighted by molar-refractivity contribution is -0.274. The topological polar surface area (TPSA) is 100 Å². The van der Waals surface area contributed by atoms with E-state index in [1.807, 2.05) is 0 Å². The maximum absolute atomic E-state index is 11.9. The van der Waals surface area contributed by atoms with E-state index in [1.54, 1.807) is 0 Å². The van der Waals surface area contributed by atoms with Crippen molar-refractivity contribution < 1.29 is 17.9 Å². The zero-order valence-electron chi connectivity index (χ0n) is 7.51. The van der Waals surface area contributed by atoms with Crippen molar-refractivity contribution in [2.24, 2.45) is 5.73 Å². The first-order valence-electron chi connectivity index (χ1n) is 3.83. The van der Waals surface area contributed by atoms with Gasteiger partial charge >= 0.3 is 6.36 Å². The summed E-state index contributed by atoms with van der Waals surface area (Å²) in [6.45, 7) is -0.111. The van der Waals surface area contributed by atoms with Crippen molar-refractivity contribution in [1.82, 2.24) is 4.98 Å². The second-order valence-electron chi connectivity index (χ2n) is 2.65. The third-order valence-corrected chi connectivity index (χ3v) is 1.65. The average molecular weight is 222 g/mol. The first-order valence-corrected chi connectivity index (χ1v) is 3.83. The van der Waals surface area contributed by atoms with Crippen molar-refractivity contribution in [2.75, 3.05) is 11.5 Å². The highest BCUT2D eigenvalue weighted by molar-refractivity contribution is 5.64. The molecule has 1 aromatic rings. The number of halogens is 3. The number of pyridine rings is 1. The molecule has 1 aromatic heterocycles. The molecule has 0 aliphatic rings. The molecule has 0 spiro atoms. The standard InChI is InChI=1S/C7H9F3N4O/c8-7(9,10)15-4-2-14-6(13)3(1-11)5(4)12/h2H,1,11H2,(H4,12,13,14). The molecule has 0 radical (unpaired) electrons. The predicted molar refractivity (Wildman–Crippen MR) is 47.6 cm³/mol. The second-order valence-corrected chi connectivity index (χ2v) is 2.65. The molecule has 84 valence electrons. The normalized spacial score (nSPS) is 11.5. The number of aromatic nitrogens is 1. The Kier molecular flexibility index (Phi) is 2.89. The number of nitrogens with two attached hydrogens (primary N) is 3. The highest BCUT2D eigenvalue weighted by Crippen LogP contribution is 2.31. The Balaban J connectivity index is 3.11. The van der Waals surface area contributed by atoms with Gasteiger partial charge < -0.3 is 21.9 Å². The number of alkyl halides is 3.